The number of hydrogen-bond acceptors (Lipinski definition) is 2. The van der Waals surface area contributed by atoms with E-state index in [1.807, 2.05) is 36.4 Å². The molecule has 0 spiro atoms. The van der Waals surface area contributed by atoms with E-state index in [9.17, 15) is 4.79 Å². The molecule has 0 aliphatic rings. The number of aryl methyl sites for hydroxylation is 1. The van der Waals surface area contributed by atoms with E-state index in [-0.39, 0.29) is 5.91 Å². The molecule has 114 valence electrons. The number of carbonyl (C=O) groups is 1. The summed E-state index contributed by atoms with van der Waals surface area (Å²) in [6, 6.07) is 15.9. The zero-order valence-electron chi connectivity index (χ0n) is 13.0. The molecule has 0 aliphatic carbocycles. The summed E-state index contributed by atoms with van der Waals surface area (Å²) in [5.41, 5.74) is 9.69. The second-order valence-corrected chi connectivity index (χ2v) is 5.21. The highest BCUT2D eigenvalue weighted by molar-refractivity contribution is 5.95. The fraction of sp³-hybridized carbons (Fsp3) is 0.211. The average molecular weight is 294 g/mol. The van der Waals surface area contributed by atoms with Gasteiger partial charge in [0.15, 0.2) is 0 Å². The van der Waals surface area contributed by atoms with Gasteiger partial charge in [-0.3, -0.25) is 4.79 Å². The van der Waals surface area contributed by atoms with Crippen LogP contribution in [0.1, 0.15) is 23.1 Å². The molecule has 0 bridgehead atoms. The van der Waals surface area contributed by atoms with Crippen molar-refractivity contribution in [1.29, 1.82) is 0 Å². The van der Waals surface area contributed by atoms with E-state index in [2.05, 4.69) is 25.6 Å². The van der Waals surface area contributed by atoms with Gasteiger partial charge in [0.05, 0.1) is 12.2 Å². The summed E-state index contributed by atoms with van der Waals surface area (Å²) in [4.78, 5) is 14.3. The fourth-order valence-corrected chi connectivity index (χ4v) is 2.43. The monoisotopic (exact) mass is 294 g/mol. The molecule has 0 radical (unpaired) electrons. The second kappa shape index (κ2) is 7.57. The van der Waals surface area contributed by atoms with Crippen LogP contribution in [0.25, 0.3) is 6.08 Å². The standard InChI is InChI=1S/C19H22N2O/c1-3-16-9-6-7-11-18(16)21(19(22)12-13-20)14-17-10-5-4-8-15(17)2/h3-11H,1,12-14,20H2,2H3. The molecule has 3 heteroatoms. The predicted molar refractivity (Wildman–Crippen MR) is 92.6 cm³/mol. The maximum absolute atomic E-state index is 12.5. The number of anilines is 1. The number of hydrogen-bond donors (Lipinski definition) is 1. The molecule has 3 nitrogen and oxygen atoms in total. The number of nitrogens with two attached hydrogens (primary N) is 1. The molecule has 0 heterocycles. The lowest BCUT2D eigenvalue weighted by atomic mass is 10.1. The van der Waals surface area contributed by atoms with Gasteiger partial charge in [0.25, 0.3) is 0 Å². The summed E-state index contributed by atoms with van der Waals surface area (Å²) < 4.78 is 0. The molecule has 22 heavy (non-hydrogen) atoms. The topological polar surface area (TPSA) is 46.3 Å². The third-order valence-corrected chi connectivity index (χ3v) is 3.70. The van der Waals surface area contributed by atoms with E-state index in [1.54, 1.807) is 11.0 Å². The quantitative estimate of drug-likeness (QED) is 0.886. The molecule has 0 saturated heterocycles. The molecule has 0 aromatic heterocycles. The zero-order chi connectivity index (χ0) is 15.9. The van der Waals surface area contributed by atoms with Gasteiger partial charge in [-0.2, -0.15) is 0 Å². The Morgan fingerprint density at radius 2 is 1.86 bits per heavy atom. The minimum Gasteiger partial charge on any atom is -0.330 e. The van der Waals surface area contributed by atoms with Crippen molar-refractivity contribution in [3.8, 4) is 0 Å². The lowest BCUT2D eigenvalue weighted by Crippen LogP contribution is -2.32. The summed E-state index contributed by atoms with van der Waals surface area (Å²) >= 11 is 0. The van der Waals surface area contributed by atoms with Crippen molar-refractivity contribution in [3.05, 3.63) is 71.8 Å². The van der Waals surface area contributed by atoms with Gasteiger partial charge in [-0.1, -0.05) is 55.1 Å². The van der Waals surface area contributed by atoms with E-state index in [1.165, 1.54) is 5.56 Å². The molecule has 0 fully saturated rings. The van der Waals surface area contributed by atoms with E-state index in [0.717, 1.165) is 16.8 Å². The molecule has 0 atom stereocenters. The largest absolute Gasteiger partial charge is 0.330 e. The van der Waals surface area contributed by atoms with Crippen LogP contribution < -0.4 is 10.6 Å². The molecule has 2 N–H and O–H groups in total. The van der Waals surface area contributed by atoms with Crippen LogP contribution in [0.4, 0.5) is 5.69 Å². The molecule has 0 unspecified atom stereocenters. The molecule has 0 saturated carbocycles. The van der Waals surface area contributed by atoms with Gasteiger partial charge in [-0.25, -0.2) is 0 Å². The highest BCUT2D eigenvalue weighted by Gasteiger charge is 2.18. The van der Waals surface area contributed by atoms with Crippen molar-refractivity contribution < 1.29 is 4.79 Å². The molecule has 0 aliphatic heterocycles. The Balaban J connectivity index is 2.41. The Bertz CT molecular complexity index is 664. The van der Waals surface area contributed by atoms with E-state index in [4.69, 9.17) is 5.73 Å². The van der Waals surface area contributed by atoms with Gasteiger partial charge >= 0.3 is 0 Å². The zero-order valence-corrected chi connectivity index (χ0v) is 13.0. The lowest BCUT2D eigenvalue weighted by molar-refractivity contribution is -0.118. The smallest absolute Gasteiger partial charge is 0.228 e. The van der Waals surface area contributed by atoms with Crippen LogP contribution in [0.15, 0.2) is 55.1 Å². The summed E-state index contributed by atoms with van der Waals surface area (Å²) in [5.74, 6) is 0.0278. The van der Waals surface area contributed by atoms with Gasteiger partial charge < -0.3 is 10.6 Å². The third-order valence-electron chi connectivity index (χ3n) is 3.70. The Morgan fingerprint density at radius 3 is 2.55 bits per heavy atom. The first-order chi connectivity index (χ1) is 10.7. The predicted octanol–water partition coefficient (Wildman–Crippen LogP) is 3.52. The van der Waals surface area contributed by atoms with Crippen molar-refractivity contribution in [1.82, 2.24) is 0 Å². The SMILES string of the molecule is C=Cc1ccccc1N(Cc1ccccc1C)C(=O)CCN. The van der Waals surface area contributed by atoms with Crippen molar-refractivity contribution in [2.75, 3.05) is 11.4 Å². The first kappa shape index (κ1) is 16.0. The summed E-state index contributed by atoms with van der Waals surface area (Å²) in [7, 11) is 0. The molecular formula is C19H22N2O. The average Bonchev–Trinajstić information content (AvgIpc) is 2.54. The first-order valence-corrected chi connectivity index (χ1v) is 7.43. The number of rotatable bonds is 6. The maximum Gasteiger partial charge on any atom is 0.228 e. The van der Waals surface area contributed by atoms with Gasteiger partial charge in [0.2, 0.25) is 5.91 Å². The van der Waals surface area contributed by atoms with Crippen molar-refractivity contribution in [2.24, 2.45) is 5.73 Å². The first-order valence-electron chi connectivity index (χ1n) is 7.43. The summed E-state index contributed by atoms with van der Waals surface area (Å²) in [6.45, 7) is 6.78. The lowest BCUT2D eigenvalue weighted by Gasteiger charge is -2.25. The van der Waals surface area contributed by atoms with Crippen LogP contribution in [-0.2, 0) is 11.3 Å². The summed E-state index contributed by atoms with van der Waals surface area (Å²) in [6.07, 6.45) is 2.10. The van der Waals surface area contributed by atoms with Gasteiger partial charge in [0.1, 0.15) is 0 Å². The minimum absolute atomic E-state index is 0.0278. The van der Waals surface area contributed by atoms with E-state index < -0.39 is 0 Å². The molecular weight excluding hydrogens is 272 g/mol. The molecule has 1 amide bonds. The summed E-state index contributed by atoms with van der Waals surface area (Å²) in [5, 5.41) is 0. The van der Waals surface area contributed by atoms with Crippen LogP contribution in [0.5, 0.6) is 0 Å². The van der Waals surface area contributed by atoms with Crippen molar-refractivity contribution in [2.45, 2.75) is 19.9 Å². The maximum atomic E-state index is 12.5. The number of amides is 1. The molecule has 2 rings (SSSR count). The third kappa shape index (κ3) is 3.62. The highest BCUT2D eigenvalue weighted by atomic mass is 16.2. The van der Waals surface area contributed by atoms with Crippen LogP contribution in [0.3, 0.4) is 0 Å². The van der Waals surface area contributed by atoms with Gasteiger partial charge in [0, 0.05) is 13.0 Å². The minimum atomic E-state index is 0.0278. The second-order valence-electron chi connectivity index (χ2n) is 5.21. The fourth-order valence-electron chi connectivity index (χ4n) is 2.43. The van der Waals surface area contributed by atoms with Crippen LogP contribution in [0.2, 0.25) is 0 Å². The van der Waals surface area contributed by atoms with Crippen LogP contribution in [0, 0.1) is 6.92 Å². The normalized spacial score (nSPS) is 10.3. The van der Waals surface area contributed by atoms with E-state index in [0.29, 0.717) is 19.5 Å². The number of nitrogens with zero attached hydrogens (tertiary/aromatic N) is 1. The molecule has 2 aromatic carbocycles. The number of para-hydroxylation sites is 1. The number of benzene rings is 2. The Hall–Kier alpha value is -2.39. The van der Waals surface area contributed by atoms with Gasteiger partial charge in [-0.15, -0.1) is 0 Å². The molecule has 2 aromatic rings. The van der Waals surface area contributed by atoms with Crippen LogP contribution in [-0.4, -0.2) is 12.5 Å². The Kier molecular flexibility index (Phi) is 5.50. The van der Waals surface area contributed by atoms with Gasteiger partial charge in [-0.05, 0) is 29.7 Å². The highest BCUT2D eigenvalue weighted by Crippen LogP contribution is 2.25. The Morgan fingerprint density at radius 1 is 1.18 bits per heavy atom. The van der Waals surface area contributed by atoms with Crippen molar-refractivity contribution >= 4 is 17.7 Å². The number of carbonyl (C=O) groups excluding carboxylic acids is 1. The van der Waals surface area contributed by atoms with Crippen molar-refractivity contribution in [3.63, 3.8) is 0 Å². The van der Waals surface area contributed by atoms with E-state index >= 15 is 0 Å². The Labute approximate surface area is 132 Å². The van der Waals surface area contributed by atoms with Crippen LogP contribution >= 0.6 is 0 Å².